The topological polar surface area (TPSA) is 239 Å². The van der Waals surface area contributed by atoms with Gasteiger partial charge in [0.25, 0.3) is 0 Å². The van der Waals surface area contributed by atoms with E-state index in [-0.39, 0.29) is 62.8 Å². The van der Waals surface area contributed by atoms with Gasteiger partial charge in [-0.1, -0.05) is 90.1 Å². The first kappa shape index (κ1) is 59.3. The van der Waals surface area contributed by atoms with Gasteiger partial charge in [-0.3, -0.25) is 38.4 Å². The molecule has 18 nitrogen and oxygen atoms in total. The van der Waals surface area contributed by atoms with E-state index in [1.165, 1.54) is 9.80 Å². The van der Waals surface area contributed by atoms with Gasteiger partial charge in [-0.25, -0.2) is 0 Å². The quantitative estimate of drug-likeness (QED) is 0.129. The predicted molar refractivity (Wildman–Crippen MR) is 279 cm³/mol. The second-order valence-corrected chi connectivity index (χ2v) is 21.8. The number of halogens is 2. The van der Waals surface area contributed by atoms with Crippen LogP contribution in [0.3, 0.4) is 0 Å². The highest BCUT2D eigenvalue weighted by Gasteiger charge is 2.48. The Kier molecular flexibility index (Phi) is 20.7. The number of benzene rings is 2. The fourth-order valence-corrected chi connectivity index (χ4v) is 10.1. The van der Waals surface area contributed by atoms with Crippen molar-refractivity contribution in [1.82, 2.24) is 52.3 Å². The monoisotopic (exact) mass is 1040 g/mol. The minimum atomic E-state index is -1.05. The Labute approximate surface area is 437 Å². The van der Waals surface area contributed by atoms with Gasteiger partial charge in [0, 0.05) is 25.2 Å². The summed E-state index contributed by atoms with van der Waals surface area (Å²) in [7, 11) is 3.27. The van der Waals surface area contributed by atoms with Crippen LogP contribution in [0.15, 0.2) is 48.5 Å². The molecule has 4 aliphatic rings. The molecule has 2 aliphatic heterocycles. The Morgan fingerprint density at radius 2 is 0.889 bits per heavy atom. The number of fused-ring (bicyclic) bond motifs is 2. The number of hydrogen-bond donors (Lipinski definition) is 8. The minimum absolute atomic E-state index is 0. The molecule has 0 bridgehead atoms. The van der Waals surface area contributed by atoms with E-state index in [9.17, 15) is 38.4 Å². The Hall–Kier alpha value is -5.30. The first-order valence-corrected chi connectivity index (χ1v) is 25.0. The summed E-state index contributed by atoms with van der Waals surface area (Å²) in [5.74, 6) is -4.68. The molecule has 0 radical (unpaired) electrons. The van der Waals surface area contributed by atoms with Crippen molar-refractivity contribution in [3.05, 3.63) is 70.8 Å². The molecule has 2 fully saturated rings. The molecule has 10 atom stereocenters. The fraction of sp³-hybridized carbons (Fsp3) is 0.615. The average Bonchev–Trinajstić information content (AvgIpc) is 3.95. The number of carbonyl (C=O) groups excluding carboxylic acids is 8. The third-order valence-corrected chi connectivity index (χ3v) is 14.5. The van der Waals surface area contributed by atoms with E-state index in [1.54, 1.807) is 27.9 Å². The first-order valence-electron chi connectivity index (χ1n) is 25.0. The van der Waals surface area contributed by atoms with E-state index in [0.717, 1.165) is 47.9 Å². The van der Waals surface area contributed by atoms with Crippen LogP contribution in [0.5, 0.6) is 0 Å². The molecule has 6 rings (SSSR count). The highest BCUT2D eigenvalue weighted by atomic mass is 35.5. The molecular weight excluding hydrogens is 964 g/mol. The number of amides is 8. The summed E-state index contributed by atoms with van der Waals surface area (Å²) in [6.07, 6.45) is 4.89. The number of carbonyl (C=O) groups is 8. The summed E-state index contributed by atoms with van der Waals surface area (Å²) in [6, 6.07) is 8.20. The molecule has 2 saturated heterocycles. The summed E-state index contributed by atoms with van der Waals surface area (Å²) >= 11 is 0. The van der Waals surface area contributed by atoms with E-state index >= 15 is 0 Å². The van der Waals surface area contributed by atoms with E-state index in [0.29, 0.717) is 12.8 Å². The zero-order chi connectivity index (χ0) is 51.2. The van der Waals surface area contributed by atoms with Crippen LogP contribution < -0.4 is 42.5 Å². The molecule has 398 valence electrons. The molecule has 0 saturated carbocycles. The van der Waals surface area contributed by atoms with Crippen molar-refractivity contribution in [3.8, 4) is 0 Å². The Morgan fingerprint density at radius 3 is 1.22 bits per heavy atom. The SMILES string of the molecule is CN[C@@H](C)C(=O)N[C@H](C(=O)N1C[C@@H](NC(=O)C(=O)N[C@H]2C[C@@H](C(=O)N[C@@H]3CCCc4ccccc43)N(C(=O)[C@@H](NC(=O)[C@H](C)NC)C(C)(C)C)C2)C[C@H]1C(=O)N[C@@H]1CCCc2ccccc21)C(C)(C)C.Cl.Cl. The third kappa shape index (κ3) is 14.0. The molecule has 2 aromatic carbocycles. The second kappa shape index (κ2) is 25.1. The molecule has 8 N–H and O–H groups in total. The Bertz CT molecular complexity index is 2150. The predicted octanol–water partition coefficient (Wildman–Crippen LogP) is 2.67. The number of nitrogens with zero attached hydrogens (tertiary/aromatic N) is 2. The van der Waals surface area contributed by atoms with Crippen LogP contribution in [0.4, 0.5) is 0 Å². The first-order chi connectivity index (χ1) is 33.0. The van der Waals surface area contributed by atoms with Gasteiger partial charge < -0.3 is 52.3 Å². The summed E-state index contributed by atoms with van der Waals surface area (Å²) in [5.41, 5.74) is 2.74. The van der Waals surface area contributed by atoms with Gasteiger partial charge in [0.1, 0.15) is 24.2 Å². The van der Waals surface area contributed by atoms with Crippen LogP contribution in [-0.4, -0.2) is 133 Å². The van der Waals surface area contributed by atoms with Gasteiger partial charge in [-0.15, -0.1) is 24.8 Å². The minimum Gasteiger partial charge on any atom is -0.347 e. The summed E-state index contributed by atoms with van der Waals surface area (Å²) in [4.78, 5) is 115. The maximum absolute atomic E-state index is 14.6. The van der Waals surface area contributed by atoms with Crippen LogP contribution in [0, 0.1) is 10.8 Å². The van der Waals surface area contributed by atoms with Gasteiger partial charge in [0.2, 0.25) is 35.4 Å². The fourth-order valence-electron chi connectivity index (χ4n) is 10.1. The summed E-state index contributed by atoms with van der Waals surface area (Å²) < 4.78 is 0. The average molecular weight is 1040 g/mol. The Morgan fingerprint density at radius 1 is 0.542 bits per heavy atom. The lowest BCUT2D eigenvalue weighted by Gasteiger charge is -2.36. The molecule has 20 heteroatoms. The molecule has 0 unspecified atom stereocenters. The van der Waals surface area contributed by atoms with E-state index < -0.39 is 106 Å². The standard InChI is InChI=1S/C52H76N10O8.2ClH/c1-29(53-9)43(63)59-41(51(3,4)5)49(69)61-27-33(25-39(61)45(65)57-37-23-15-19-31-17-11-13-21-35(31)37)55-47(67)48(68)56-34-26-40(46(66)58-38-24-16-20-32-18-12-14-22-36(32)38)62(28-34)50(70)42(52(6,7)8)60-44(64)30(2)54-10;;/h11-14,17-18,21-22,29-30,33-34,37-42,53-54H,15-16,19-20,23-28H2,1-10H3,(H,55,67)(H,56,68)(H,57,65)(H,58,66)(H,59,63)(H,60,64);2*1H/t29-,30-,33-,34-,37+,38+,39-,40-,41+,42+;;/m0../s1. The van der Waals surface area contributed by atoms with Gasteiger partial charge in [-0.2, -0.15) is 0 Å². The summed E-state index contributed by atoms with van der Waals surface area (Å²) in [6.45, 7) is 14.0. The largest absolute Gasteiger partial charge is 0.347 e. The number of nitrogens with one attached hydrogen (secondary N) is 8. The highest BCUT2D eigenvalue weighted by Crippen LogP contribution is 2.33. The van der Waals surface area contributed by atoms with Crippen molar-refractivity contribution in [2.45, 2.75) is 167 Å². The normalized spacial score (nSPS) is 23.2. The van der Waals surface area contributed by atoms with Gasteiger partial charge in [0.15, 0.2) is 0 Å². The zero-order valence-electron chi connectivity index (χ0n) is 43.4. The molecule has 2 heterocycles. The van der Waals surface area contributed by atoms with Gasteiger partial charge in [-0.05, 0) is 112 Å². The van der Waals surface area contributed by atoms with Gasteiger partial charge >= 0.3 is 11.8 Å². The Balaban J connectivity index is 0.00000562. The smallest absolute Gasteiger partial charge is 0.309 e. The van der Waals surface area contributed by atoms with Crippen molar-refractivity contribution < 1.29 is 38.4 Å². The lowest BCUT2D eigenvalue weighted by Crippen LogP contribution is -2.60. The van der Waals surface area contributed by atoms with Crippen molar-refractivity contribution in [2.24, 2.45) is 10.8 Å². The second-order valence-electron chi connectivity index (χ2n) is 21.8. The molecule has 2 aromatic rings. The lowest BCUT2D eigenvalue weighted by molar-refractivity contribution is -0.144. The maximum atomic E-state index is 14.6. The maximum Gasteiger partial charge on any atom is 0.309 e. The number of aryl methyl sites for hydroxylation is 2. The van der Waals surface area contributed by atoms with E-state index in [2.05, 4.69) is 42.5 Å². The number of rotatable bonds is 14. The van der Waals surface area contributed by atoms with Crippen molar-refractivity contribution >= 4 is 72.1 Å². The molecule has 8 amide bonds. The highest BCUT2D eigenvalue weighted by molar-refractivity contribution is 6.35. The summed E-state index contributed by atoms with van der Waals surface area (Å²) in [5, 5.41) is 23.4. The zero-order valence-corrected chi connectivity index (χ0v) is 45.1. The third-order valence-electron chi connectivity index (χ3n) is 14.5. The molecule has 0 spiro atoms. The molecular formula is C52H78Cl2N10O8. The van der Waals surface area contributed by atoms with Crippen LogP contribution in [-0.2, 0) is 51.2 Å². The van der Waals surface area contributed by atoms with Crippen LogP contribution in [0.2, 0.25) is 0 Å². The van der Waals surface area contributed by atoms with Crippen molar-refractivity contribution in [2.75, 3.05) is 27.2 Å². The number of likely N-dealkylation sites (tertiary alicyclic amines) is 2. The molecule has 2 aliphatic carbocycles. The molecule has 72 heavy (non-hydrogen) atoms. The van der Waals surface area contributed by atoms with Crippen LogP contribution >= 0.6 is 24.8 Å². The van der Waals surface area contributed by atoms with Gasteiger partial charge in [0.05, 0.1) is 24.2 Å². The number of hydrogen-bond acceptors (Lipinski definition) is 10. The van der Waals surface area contributed by atoms with Crippen molar-refractivity contribution in [1.29, 1.82) is 0 Å². The number of likely N-dealkylation sites (N-methyl/N-ethyl adjacent to an activating group) is 2. The van der Waals surface area contributed by atoms with Crippen LogP contribution in [0.1, 0.15) is 128 Å². The van der Waals surface area contributed by atoms with E-state index in [1.807, 2.05) is 90.1 Å². The lowest BCUT2D eigenvalue weighted by atomic mass is 9.85. The van der Waals surface area contributed by atoms with E-state index in [4.69, 9.17) is 0 Å². The van der Waals surface area contributed by atoms with Crippen LogP contribution in [0.25, 0.3) is 0 Å². The van der Waals surface area contributed by atoms with Crippen molar-refractivity contribution in [3.63, 3.8) is 0 Å². The molecule has 0 aromatic heterocycles.